The van der Waals surface area contributed by atoms with Gasteiger partial charge in [-0.2, -0.15) is 0 Å². The van der Waals surface area contributed by atoms with Crippen molar-refractivity contribution in [1.29, 1.82) is 0 Å². The Morgan fingerprint density at radius 1 is 1.75 bits per heavy atom. The first-order valence-electron chi connectivity index (χ1n) is 3.90. The van der Waals surface area contributed by atoms with Crippen LogP contribution < -0.4 is 10.6 Å². The zero-order chi connectivity index (χ0) is 8.39. The zero-order valence-electron chi connectivity index (χ0n) is 6.50. The summed E-state index contributed by atoms with van der Waals surface area (Å²) in [4.78, 5) is 17.9. The second kappa shape index (κ2) is 2.94. The molecule has 1 amide bonds. The molecular formula is C7H10N4O. The van der Waals surface area contributed by atoms with Gasteiger partial charge >= 0.3 is 0 Å². The third-order valence-electron chi connectivity index (χ3n) is 1.88. The summed E-state index contributed by atoms with van der Waals surface area (Å²) in [7, 11) is 0. The van der Waals surface area contributed by atoms with Crippen molar-refractivity contribution in [1.82, 2.24) is 15.3 Å². The van der Waals surface area contributed by atoms with E-state index in [0.29, 0.717) is 5.95 Å². The van der Waals surface area contributed by atoms with E-state index >= 15 is 0 Å². The van der Waals surface area contributed by atoms with Crippen molar-refractivity contribution in [2.45, 2.75) is 12.5 Å². The number of anilines is 1. The van der Waals surface area contributed by atoms with E-state index in [2.05, 4.69) is 20.6 Å². The Morgan fingerprint density at radius 3 is 3.08 bits per heavy atom. The molecule has 2 rings (SSSR count). The summed E-state index contributed by atoms with van der Waals surface area (Å²) in [6.07, 6.45) is 4.18. The minimum Gasteiger partial charge on any atom is -0.331 e. The lowest BCUT2D eigenvalue weighted by atomic mass is 10.1. The van der Waals surface area contributed by atoms with Gasteiger partial charge in [0.1, 0.15) is 0 Å². The van der Waals surface area contributed by atoms with E-state index in [1.165, 1.54) is 0 Å². The van der Waals surface area contributed by atoms with Crippen LogP contribution in [0.15, 0.2) is 12.4 Å². The molecule has 1 aromatic heterocycles. The maximum Gasteiger partial charge on any atom is 0.243 e. The molecule has 1 aliphatic rings. The zero-order valence-corrected chi connectivity index (χ0v) is 6.50. The summed E-state index contributed by atoms with van der Waals surface area (Å²) in [5, 5.41) is 5.66. The Bertz CT molecular complexity index is 265. The molecule has 5 heteroatoms. The molecule has 0 spiro atoms. The molecule has 0 radical (unpaired) electrons. The first-order chi connectivity index (χ1) is 5.86. The third kappa shape index (κ3) is 1.31. The first kappa shape index (κ1) is 7.30. The van der Waals surface area contributed by atoms with Gasteiger partial charge in [-0.1, -0.05) is 0 Å². The lowest BCUT2D eigenvalue weighted by Crippen LogP contribution is -2.50. The molecule has 3 N–H and O–H groups in total. The minimum absolute atomic E-state index is 0.0174. The number of H-pyrrole nitrogens is 1. The first-order valence-corrected chi connectivity index (χ1v) is 3.90. The summed E-state index contributed by atoms with van der Waals surface area (Å²) < 4.78 is 0. The maximum absolute atomic E-state index is 11.3. The van der Waals surface area contributed by atoms with E-state index in [-0.39, 0.29) is 11.9 Å². The van der Waals surface area contributed by atoms with Gasteiger partial charge in [0.05, 0.1) is 6.04 Å². The lowest BCUT2D eigenvalue weighted by Gasteiger charge is -2.25. The predicted octanol–water partition coefficient (Wildman–Crippen LogP) is -0.290. The number of nitrogens with one attached hydrogen (secondary N) is 3. The van der Waals surface area contributed by atoms with Crippen LogP contribution in [-0.4, -0.2) is 28.5 Å². The summed E-state index contributed by atoms with van der Waals surface area (Å²) in [5.74, 6) is 0.491. The highest BCUT2D eigenvalue weighted by atomic mass is 16.2. The van der Waals surface area contributed by atoms with E-state index in [1.54, 1.807) is 12.4 Å². The highest BCUT2D eigenvalue weighted by Gasteiger charge is 2.24. The number of amides is 1. The smallest absolute Gasteiger partial charge is 0.243 e. The van der Waals surface area contributed by atoms with Gasteiger partial charge in [-0.3, -0.25) is 10.1 Å². The van der Waals surface area contributed by atoms with Gasteiger partial charge < -0.3 is 10.3 Å². The van der Waals surface area contributed by atoms with Gasteiger partial charge in [0, 0.05) is 12.4 Å². The molecule has 2 heterocycles. The average Bonchev–Trinajstić information content (AvgIpc) is 2.34. The molecule has 1 aliphatic heterocycles. The molecule has 1 aromatic rings. The van der Waals surface area contributed by atoms with Crippen molar-refractivity contribution in [2.24, 2.45) is 0 Å². The molecule has 0 bridgehead atoms. The number of hydrogen-bond acceptors (Lipinski definition) is 3. The number of imidazole rings is 1. The monoisotopic (exact) mass is 166 g/mol. The summed E-state index contributed by atoms with van der Waals surface area (Å²) in [6, 6.07) is -0.0323. The minimum atomic E-state index is -0.0323. The Hall–Kier alpha value is -1.36. The quantitative estimate of drug-likeness (QED) is 0.565. The summed E-state index contributed by atoms with van der Waals surface area (Å²) in [6.45, 7) is 0.927. The predicted molar refractivity (Wildman–Crippen MR) is 43.6 cm³/mol. The number of rotatable bonds is 2. The number of aromatic nitrogens is 2. The van der Waals surface area contributed by atoms with E-state index < -0.39 is 0 Å². The normalized spacial score (nSPS) is 21.5. The standard InChI is InChI=1S/C7H10N4O/c12-6(5-1-2-8-5)11-7-9-3-4-10-7/h3-5,8H,1-2H2,(H2,9,10,11,12). The number of carbonyl (C=O) groups is 1. The number of aromatic amines is 1. The summed E-state index contributed by atoms with van der Waals surface area (Å²) in [5.41, 5.74) is 0. The highest BCUT2D eigenvalue weighted by molar-refractivity contribution is 5.93. The average molecular weight is 166 g/mol. The molecule has 0 aromatic carbocycles. The topological polar surface area (TPSA) is 69.8 Å². The molecule has 1 atom stereocenters. The molecule has 1 unspecified atom stereocenters. The molecule has 1 saturated heterocycles. The molecule has 0 aliphatic carbocycles. The van der Waals surface area contributed by atoms with Crippen LogP contribution in [0.25, 0.3) is 0 Å². The Kier molecular flexibility index (Phi) is 1.79. The van der Waals surface area contributed by atoms with Crippen LogP contribution in [0.1, 0.15) is 6.42 Å². The van der Waals surface area contributed by atoms with Gasteiger partial charge in [-0.25, -0.2) is 4.98 Å². The van der Waals surface area contributed by atoms with E-state index in [9.17, 15) is 4.79 Å². The van der Waals surface area contributed by atoms with Crippen molar-refractivity contribution in [3.05, 3.63) is 12.4 Å². The highest BCUT2D eigenvalue weighted by Crippen LogP contribution is 2.04. The van der Waals surface area contributed by atoms with Crippen LogP contribution in [0, 0.1) is 0 Å². The van der Waals surface area contributed by atoms with Crippen LogP contribution >= 0.6 is 0 Å². The maximum atomic E-state index is 11.3. The SMILES string of the molecule is O=C(Nc1ncc[nH]1)C1CCN1. The van der Waals surface area contributed by atoms with E-state index in [1.807, 2.05) is 0 Å². The molecule has 1 fully saturated rings. The second-order valence-corrected chi connectivity index (χ2v) is 2.72. The second-order valence-electron chi connectivity index (χ2n) is 2.72. The molecule has 12 heavy (non-hydrogen) atoms. The third-order valence-corrected chi connectivity index (χ3v) is 1.88. The Balaban J connectivity index is 1.90. The van der Waals surface area contributed by atoms with Crippen molar-refractivity contribution < 1.29 is 4.79 Å². The molecule has 64 valence electrons. The fourth-order valence-corrected chi connectivity index (χ4v) is 1.05. The van der Waals surface area contributed by atoms with Crippen LogP contribution in [-0.2, 0) is 4.79 Å². The van der Waals surface area contributed by atoms with Gasteiger partial charge in [0.15, 0.2) is 0 Å². The van der Waals surface area contributed by atoms with Crippen LogP contribution in [0.2, 0.25) is 0 Å². The van der Waals surface area contributed by atoms with Crippen molar-refractivity contribution in [3.8, 4) is 0 Å². The fourth-order valence-electron chi connectivity index (χ4n) is 1.05. The molecule has 5 nitrogen and oxygen atoms in total. The Morgan fingerprint density at radius 2 is 2.58 bits per heavy atom. The molecular weight excluding hydrogens is 156 g/mol. The van der Waals surface area contributed by atoms with Gasteiger partial charge in [0.2, 0.25) is 11.9 Å². The fraction of sp³-hybridized carbons (Fsp3) is 0.429. The van der Waals surface area contributed by atoms with Crippen LogP contribution in [0.3, 0.4) is 0 Å². The van der Waals surface area contributed by atoms with E-state index in [4.69, 9.17) is 0 Å². The lowest BCUT2D eigenvalue weighted by molar-refractivity contribution is -0.119. The van der Waals surface area contributed by atoms with Crippen molar-refractivity contribution in [3.63, 3.8) is 0 Å². The molecule has 0 saturated carbocycles. The Labute approximate surface area is 69.6 Å². The van der Waals surface area contributed by atoms with Gasteiger partial charge in [-0.15, -0.1) is 0 Å². The van der Waals surface area contributed by atoms with Crippen LogP contribution in [0.4, 0.5) is 5.95 Å². The number of hydrogen-bond donors (Lipinski definition) is 3. The van der Waals surface area contributed by atoms with Crippen LogP contribution in [0.5, 0.6) is 0 Å². The van der Waals surface area contributed by atoms with Crippen molar-refractivity contribution in [2.75, 3.05) is 11.9 Å². The number of carbonyl (C=O) groups excluding carboxylic acids is 1. The van der Waals surface area contributed by atoms with E-state index in [0.717, 1.165) is 13.0 Å². The number of nitrogens with zero attached hydrogens (tertiary/aromatic N) is 1. The summed E-state index contributed by atoms with van der Waals surface area (Å²) >= 11 is 0. The van der Waals surface area contributed by atoms with Crippen molar-refractivity contribution >= 4 is 11.9 Å². The van der Waals surface area contributed by atoms with Gasteiger partial charge in [0.25, 0.3) is 0 Å². The largest absolute Gasteiger partial charge is 0.331 e. The van der Waals surface area contributed by atoms with Gasteiger partial charge in [-0.05, 0) is 13.0 Å².